The van der Waals surface area contributed by atoms with Crippen molar-refractivity contribution in [2.75, 3.05) is 6.54 Å². The van der Waals surface area contributed by atoms with E-state index in [1.54, 1.807) is 42.5 Å². The van der Waals surface area contributed by atoms with Crippen LogP contribution in [0.2, 0.25) is 5.02 Å². The normalized spacial score (nSPS) is 10.9. The molecule has 0 aliphatic heterocycles. The van der Waals surface area contributed by atoms with Crippen molar-refractivity contribution in [1.82, 2.24) is 19.9 Å². The second-order valence-corrected chi connectivity index (χ2v) is 6.47. The Morgan fingerprint density at radius 3 is 2.69 bits per heavy atom. The van der Waals surface area contributed by atoms with E-state index in [-0.39, 0.29) is 11.4 Å². The van der Waals surface area contributed by atoms with Crippen molar-refractivity contribution in [3.05, 3.63) is 59.5 Å². The average Bonchev–Trinajstić information content (AvgIpc) is 3.16. The highest BCUT2D eigenvalue weighted by Crippen LogP contribution is 2.35. The summed E-state index contributed by atoms with van der Waals surface area (Å²) in [6.45, 7) is -0.598. The van der Waals surface area contributed by atoms with Gasteiger partial charge in [-0.1, -0.05) is 17.7 Å². The summed E-state index contributed by atoms with van der Waals surface area (Å²) >= 11 is 5.97. The fraction of sp³-hybridized carbons (Fsp3) is 0.0526. The van der Waals surface area contributed by atoms with Gasteiger partial charge in [-0.2, -0.15) is 5.10 Å². The molecule has 0 saturated carbocycles. The first-order valence-electron chi connectivity index (χ1n) is 8.36. The Hall–Kier alpha value is -3.85. The van der Waals surface area contributed by atoms with Crippen molar-refractivity contribution >= 4 is 39.9 Å². The van der Waals surface area contributed by atoms with E-state index in [9.17, 15) is 14.7 Å². The molecule has 0 aliphatic rings. The predicted octanol–water partition coefficient (Wildman–Crippen LogP) is 2.85. The summed E-state index contributed by atoms with van der Waals surface area (Å²) in [4.78, 5) is 27.3. The predicted molar refractivity (Wildman–Crippen MR) is 104 cm³/mol. The number of carbonyl (C=O) groups excluding carboxylic acids is 1. The molecule has 29 heavy (non-hydrogen) atoms. The van der Waals surface area contributed by atoms with Gasteiger partial charge in [-0.25, -0.2) is 9.50 Å². The van der Waals surface area contributed by atoms with E-state index in [1.165, 1.54) is 6.33 Å². The number of rotatable bonds is 5. The maximum Gasteiger partial charge on any atom is 0.322 e. The number of hydrogen-bond donors (Lipinski definition) is 3. The molecule has 0 saturated heterocycles. The molecule has 1 amide bonds. The molecule has 2 aromatic heterocycles. The number of carbonyl (C=O) groups is 2. The molecule has 3 N–H and O–H groups in total. The summed E-state index contributed by atoms with van der Waals surface area (Å²) in [6.07, 6.45) is 1.23. The second kappa shape index (κ2) is 7.28. The van der Waals surface area contributed by atoms with Crippen molar-refractivity contribution < 1.29 is 24.5 Å². The summed E-state index contributed by atoms with van der Waals surface area (Å²) in [5.74, 6) is -1.36. The molecule has 0 atom stereocenters. The van der Waals surface area contributed by atoms with Crippen LogP contribution in [0.15, 0.2) is 48.8 Å². The Bertz CT molecular complexity index is 1270. The van der Waals surface area contributed by atoms with Crippen LogP contribution in [0.4, 0.5) is 0 Å². The van der Waals surface area contributed by atoms with Crippen molar-refractivity contribution in [1.29, 1.82) is 0 Å². The fourth-order valence-corrected chi connectivity index (χ4v) is 3.09. The van der Waals surface area contributed by atoms with Crippen LogP contribution >= 0.6 is 11.6 Å². The number of nitrogens with zero attached hydrogens (tertiary/aromatic N) is 3. The van der Waals surface area contributed by atoms with Crippen LogP contribution in [0.25, 0.3) is 16.4 Å². The lowest BCUT2D eigenvalue weighted by molar-refractivity contribution is -0.135. The van der Waals surface area contributed by atoms with E-state index in [0.29, 0.717) is 32.9 Å². The van der Waals surface area contributed by atoms with Gasteiger partial charge < -0.3 is 20.3 Å². The van der Waals surface area contributed by atoms with Crippen LogP contribution in [0.5, 0.6) is 17.2 Å². The van der Waals surface area contributed by atoms with Gasteiger partial charge >= 0.3 is 5.97 Å². The number of halogens is 1. The number of fused-ring (bicyclic) bond motifs is 3. The molecule has 10 heteroatoms. The third-order valence-corrected chi connectivity index (χ3v) is 4.35. The number of amides is 1. The van der Waals surface area contributed by atoms with Gasteiger partial charge in [0.2, 0.25) is 0 Å². The molecule has 0 fully saturated rings. The highest BCUT2D eigenvalue weighted by atomic mass is 35.5. The zero-order valence-corrected chi connectivity index (χ0v) is 15.4. The Balaban J connectivity index is 1.81. The molecular formula is C19H13ClN4O5. The van der Waals surface area contributed by atoms with E-state index in [2.05, 4.69) is 15.4 Å². The first kappa shape index (κ1) is 18.5. The Morgan fingerprint density at radius 2 is 1.93 bits per heavy atom. The quantitative estimate of drug-likeness (QED) is 0.460. The minimum Gasteiger partial charge on any atom is -0.505 e. The number of aromatic nitrogens is 3. The lowest BCUT2D eigenvalue weighted by Crippen LogP contribution is -2.31. The second-order valence-electron chi connectivity index (χ2n) is 6.04. The van der Waals surface area contributed by atoms with Gasteiger partial charge in [0.25, 0.3) is 5.91 Å². The first-order valence-corrected chi connectivity index (χ1v) is 8.73. The van der Waals surface area contributed by atoms with Crippen molar-refractivity contribution in [2.45, 2.75) is 0 Å². The van der Waals surface area contributed by atoms with E-state index >= 15 is 0 Å². The zero-order valence-electron chi connectivity index (χ0n) is 14.7. The van der Waals surface area contributed by atoms with Gasteiger partial charge in [-0.3, -0.25) is 9.59 Å². The topological polar surface area (TPSA) is 126 Å². The molecule has 2 aromatic carbocycles. The molecule has 4 rings (SSSR count). The minimum atomic E-state index is -1.21. The summed E-state index contributed by atoms with van der Waals surface area (Å²) in [5, 5.41) is 27.0. The van der Waals surface area contributed by atoms with E-state index in [4.69, 9.17) is 21.4 Å². The molecule has 4 aromatic rings. The van der Waals surface area contributed by atoms with Crippen LogP contribution in [-0.2, 0) is 4.79 Å². The maximum atomic E-state index is 12.4. The molecule has 0 unspecified atom stereocenters. The number of aliphatic carboxylic acids is 1. The maximum absolute atomic E-state index is 12.4. The van der Waals surface area contributed by atoms with Crippen LogP contribution in [-0.4, -0.2) is 43.2 Å². The third-order valence-electron chi connectivity index (χ3n) is 4.12. The van der Waals surface area contributed by atoms with Gasteiger partial charge in [0.1, 0.15) is 24.4 Å². The SMILES string of the molecule is O=C(O)CNC(=O)c1c(O)c2ccc(Oc3cccc(Cl)c3)cc2c2ncnn12. The van der Waals surface area contributed by atoms with Gasteiger partial charge in [0.15, 0.2) is 17.1 Å². The summed E-state index contributed by atoms with van der Waals surface area (Å²) in [6, 6.07) is 11.7. The lowest BCUT2D eigenvalue weighted by Gasteiger charge is -2.12. The molecule has 9 nitrogen and oxygen atoms in total. The van der Waals surface area contributed by atoms with Crippen molar-refractivity contribution in [3.8, 4) is 17.2 Å². The Kier molecular flexibility index (Phi) is 4.65. The number of pyridine rings is 1. The van der Waals surface area contributed by atoms with Crippen molar-refractivity contribution in [2.24, 2.45) is 0 Å². The highest BCUT2D eigenvalue weighted by Gasteiger charge is 2.22. The van der Waals surface area contributed by atoms with Crippen LogP contribution < -0.4 is 10.1 Å². The number of benzene rings is 2. The molecular weight excluding hydrogens is 400 g/mol. The number of aromatic hydroxyl groups is 1. The molecule has 2 heterocycles. The highest BCUT2D eigenvalue weighted by molar-refractivity contribution is 6.30. The van der Waals surface area contributed by atoms with Gasteiger partial charge in [0.05, 0.1) is 0 Å². The fourth-order valence-electron chi connectivity index (χ4n) is 2.90. The number of carboxylic acids is 1. The average molecular weight is 413 g/mol. The smallest absolute Gasteiger partial charge is 0.322 e. The number of hydrogen-bond acceptors (Lipinski definition) is 6. The largest absolute Gasteiger partial charge is 0.505 e. The molecule has 0 aliphatic carbocycles. The van der Waals surface area contributed by atoms with Crippen LogP contribution in [0, 0.1) is 0 Å². The minimum absolute atomic E-state index is 0.213. The number of nitrogens with one attached hydrogen (secondary N) is 1. The zero-order chi connectivity index (χ0) is 20.5. The standard InChI is InChI=1S/C19H13ClN4O5/c20-10-2-1-3-11(6-10)29-12-4-5-13-14(7-12)18-22-9-23-24(18)16(17(13)27)19(28)21-8-15(25)26/h1-7,9,27H,8H2,(H,21,28)(H,25,26). The number of ether oxygens (including phenoxy) is 1. The van der Waals surface area contributed by atoms with Crippen molar-refractivity contribution in [3.63, 3.8) is 0 Å². The van der Waals surface area contributed by atoms with Gasteiger partial charge in [0, 0.05) is 15.8 Å². The summed E-state index contributed by atoms with van der Waals surface area (Å²) in [7, 11) is 0. The van der Waals surface area contributed by atoms with Crippen LogP contribution in [0.1, 0.15) is 10.5 Å². The van der Waals surface area contributed by atoms with Gasteiger partial charge in [-0.05, 0) is 36.4 Å². The van der Waals surface area contributed by atoms with E-state index < -0.39 is 18.4 Å². The molecule has 0 bridgehead atoms. The van der Waals surface area contributed by atoms with E-state index in [0.717, 1.165) is 4.52 Å². The lowest BCUT2D eigenvalue weighted by atomic mass is 10.1. The first-order chi connectivity index (χ1) is 13.9. The summed E-state index contributed by atoms with van der Waals surface area (Å²) < 4.78 is 6.96. The Morgan fingerprint density at radius 1 is 1.14 bits per heavy atom. The van der Waals surface area contributed by atoms with E-state index in [1.807, 2.05) is 0 Å². The van der Waals surface area contributed by atoms with Crippen LogP contribution in [0.3, 0.4) is 0 Å². The number of carboxylic acid groups (broad SMARTS) is 1. The van der Waals surface area contributed by atoms with Gasteiger partial charge in [-0.15, -0.1) is 0 Å². The summed E-state index contributed by atoms with van der Waals surface area (Å²) in [5.41, 5.74) is 0.0876. The molecule has 0 spiro atoms. The monoisotopic (exact) mass is 412 g/mol. The third kappa shape index (κ3) is 3.50. The Labute approximate surface area is 168 Å². The molecule has 0 radical (unpaired) electrons. The molecule has 146 valence electrons.